The maximum atomic E-state index is 13.0. The van der Waals surface area contributed by atoms with Crippen LogP contribution in [0.3, 0.4) is 0 Å². The Hall–Kier alpha value is -3.82. The van der Waals surface area contributed by atoms with Crippen molar-refractivity contribution in [3.8, 4) is 28.7 Å². The Labute approximate surface area is 171 Å². The van der Waals surface area contributed by atoms with Gasteiger partial charge in [0.2, 0.25) is 17.5 Å². The minimum absolute atomic E-state index is 0.00238. The van der Waals surface area contributed by atoms with Crippen LogP contribution in [-0.2, 0) is 17.9 Å². The highest BCUT2D eigenvalue weighted by Crippen LogP contribution is 2.38. The van der Waals surface area contributed by atoms with Crippen LogP contribution in [0.15, 0.2) is 45.6 Å². The van der Waals surface area contributed by atoms with Crippen LogP contribution in [0.2, 0.25) is 0 Å². The van der Waals surface area contributed by atoms with Crippen molar-refractivity contribution in [1.29, 1.82) is 0 Å². The zero-order valence-corrected chi connectivity index (χ0v) is 16.6. The summed E-state index contributed by atoms with van der Waals surface area (Å²) in [6.07, 6.45) is 0. The van der Waals surface area contributed by atoms with E-state index in [0.717, 1.165) is 4.68 Å². The summed E-state index contributed by atoms with van der Waals surface area (Å²) in [7, 11) is 4.49. The monoisotopic (exact) mass is 417 g/mol. The zero-order chi connectivity index (χ0) is 21.7. The number of rotatable bonds is 8. The third-order valence-electron chi connectivity index (χ3n) is 4.21. The van der Waals surface area contributed by atoms with Crippen molar-refractivity contribution in [1.82, 2.24) is 15.1 Å². The summed E-state index contributed by atoms with van der Waals surface area (Å²) in [5, 5.41) is 6.67. The molecule has 0 saturated heterocycles. The highest BCUT2D eigenvalue weighted by molar-refractivity contribution is 5.75. The van der Waals surface area contributed by atoms with Crippen LogP contribution in [0.5, 0.6) is 17.2 Å². The van der Waals surface area contributed by atoms with Gasteiger partial charge in [0.1, 0.15) is 12.4 Å². The molecule has 1 amide bonds. The molecular formula is C20H20FN3O6. The predicted octanol–water partition coefficient (Wildman–Crippen LogP) is 1.98. The predicted molar refractivity (Wildman–Crippen MR) is 104 cm³/mol. The van der Waals surface area contributed by atoms with Crippen molar-refractivity contribution in [3.05, 3.63) is 58.3 Å². The molecule has 1 heterocycles. The second-order valence-corrected chi connectivity index (χ2v) is 6.15. The van der Waals surface area contributed by atoms with Crippen molar-refractivity contribution in [3.63, 3.8) is 0 Å². The SMILES string of the molecule is COc1cc(CNC(=O)Cn2nc(-c3ccc(F)cc3)oc2=O)cc(OC)c1OC. The molecule has 9 nitrogen and oxygen atoms in total. The first kappa shape index (κ1) is 20.9. The van der Waals surface area contributed by atoms with Crippen LogP contribution in [0, 0.1) is 5.82 Å². The third-order valence-corrected chi connectivity index (χ3v) is 4.21. The van der Waals surface area contributed by atoms with Crippen LogP contribution in [0.25, 0.3) is 11.5 Å². The number of benzene rings is 2. The summed E-state index contributed by atoms with van der Waals surface area (Å²) in [5.41, 5.74) is 1.13. The van der Waals surface area contributed by atoms with Crippen molar-refractivity contribution in [2.75, 3.05) is 21.3 Å². The molecule has 0 aliphatic rings. The summed E-state index contributed by atoms with van der Waals surface area (Å²) in [6, 6.07) is 8.70. The number of ether oxygens (including phenoxy) is 3. The second kappa shape index (κ2) is 9.12. The van der Waals surface area contributed by atoms with E-state index in [1.807, 2.05) is 0 Å². The van der Waals surface area contributed by atoms with Crippen LogP contribution in [-0.4, -0.2) is 37.0 Å². The van der Waals surface area contributed by atoms with Crippen molar-refractivity contribution in [2.45, 2.75) is 13.1 Å². The highest BCUT2D eigenvalue weighted by Gasteiger charge is 2.15. The molecule has 0 spiro atoms. The zero-order valence-electron chi connectivity index (χ0n) is 16.6. The molecule has 10 heteroatoms. The van der Waals surface area contributed by atoms with Gasteiger partial charge in [0.25, 0.3) is 0 Å². The molecular weight excluding hydrogens is 397 g/mol. The molecule has 2 aromatic carbocycles. The van der Waals surface area contributed by atoms with Crippen molar-refractivity contribution in [2.24, 2.45) is 0 Å². The molecule has 30 heavy (non-hydrogen) atoms. The largest absolute Gasteiger partial charge is 0.493 e. The Morgan fingerprint density at radius 1 is 1.10 bits per heavy atom. The molecule has 0 saturated carbocycles. The molecule has 1 N–H and O–H groups in total. The van der Waals surface area contributed by atoms with E-state index in [9.17, 15) is 14.0 Å². The number of hydrogen-bond acceptors (Lipinski definition) is 7. The fourth-order valence-corrected chi connectivity index (χ4v) is 2.75. The average Bonchev–Trinajstić information content (AvgIpc) is 3.11. The summed E-state index contributed by atoms with van der Waals surface area (Å²) in [6.45, 7) is -0.180. The quantitative estimate of drug-likeness (QED) is 0.598. The van der Waals surface area contributed by atoms with Gasteiger partial charge < -0.3 is 23.9 Å². The van der Waals surface area contributed by atoms with E-state index in [1.165, 1.54) is 45.6 Å². The molecule has 0 atom stereocenters. The fourth-order valence-electron chi connectivity index (χ4n) is 2.75. The van der Waals surface area contributed by atoms with Gasteiger partial charge in [-0.2, -0.15) is 4.68 Å². The number of nitrogens with one attached hydrogen (secondary N) is 1. The van der Waals surface area contributed by atoms with Gasteiger partial charge in [0, 0.05) is 12.1 Å². The van der Waals surface area contributed by atoms with Crippen LogP contribution < -0.4 is 25.3 Å². The first-order valence-electron chi connectivity index (χ1n) is 8.84. The van der Waals surface area contributed by atoms with Crippen LogP contribution in [0.4, 0.5) is 4.39 Å². The number of carbonyl (C=O) groups is 1. The van der Waals surface area contributed by atoms with E-state index >= 15 is 0 Å². The number of carbonyl (C=O) groups excluding carboxylic acids is 1. The average molecular weight is 417 g/mol. The fraction of sp³-hybridized carbons (Fsp3) is 0.250. The Kier molecular flexibility index (Phi) is 6.35. The molecule has 0 unspecified atom stereocenters. The molecule has 0 radical (unpaired) electrons. The standard InChI is InChI=1S/C20H20FN3O6/c1-27-15-8-12(9-16(28-2)18(15)29-3)10-22-17(25)11-24-20(26)30-19(23-24)13-4-6-14(21)7-5-13/h4-9H,10-11H2,1-3H3,(H,22,25). The van der Waals surface area contributed by atoms with Gasteiger partial charge in [-0.05, 0) is 42.0 Å². The van der Waals surface area contributed by atoms with E-state index in [-0.39, 0.29) is 19.0 Å². The number of hydrogen-bond donors (Lipinski definition) is 1. The van der Waals surface area contributed by atoms with Gasteiger partial charge >= 0.3 is 5.76 Å². The number of aromatic nitrogens is 2. The van der Waals surface area contributed by atoms with Gasteiger partial charge in [0.15, 0.2) is 11.5 Å². The van der Waals surface area contributed by atoms with Gasteiger partial charge in [-0.3, -0.25) is 4.79 Å². The van der Waals surface area contributed by atoms with E-state index in [4.69, 9.17) is 18.6 Å². The lowest BCUT2D eigenvalue weighted by Gasteiger charge is -2.14. The van der Waals surface area contributed by atoms with E-state index in [1.54, 1.807) is 12.1 Å². The molecule has 0 fully saturated rings. The number of methoxy groups -OCH3 is 3. The molecule has 0 aliphatic heterocycles. The number of nitrogens with zero attached hydrogens (tertiary/aromatic N) is 2. The van der Waals surface area contributed by atoms with Crippen molar-refractivity contribution >= 4 is 5.91 Å². The number of halogens is 1. The Morgan fingerprint density at radius 2 is 1.73 bits per heavy atom. The molecule has 0 aliphatic carbocycles. The van der Waals surface area contributed by atoms with Crippen molar-refractivity contribution < 1.29 is 27.8 Å². The van der Waals surface area contributed by atoms with Gasteiger partial charge in [-0.1, -0.05) is 0 Å². The molecule has 1 aromatic heterocycles. The topological polar surface area (TPSA) is 105 Å². The Morgan fingerprint density at radius 3 is 2.30 bits per heavy atom. The normalized spacial score (nSPS) is 10.5. The van der Waals surface area contributed by atoms with Crippen LogP contribution >= 0.6 is 0 Å². The lowest BCUT2D eigenvalue weighted by atomic mass is 10.1. The molecule has 3 rings (SSSR count). The lowest BCUT2D eigenvalue weighted by molar-refractivity contribution is -0.122. The smallest absolute Gasteiger partial charge is 0.437 e. The molecule has 158 valence electrons. The second-order valence-electron chi connectivity index (χ2n) is 6.15. The van der Waals surface area contributed by atoms with E-state index in [0.29, 0.717) is 28.4 Å². The van der Waals surface area contributed by atoms with Gasteiger partial charge in [-0.15, -0.1) is 5.10 Å². The summed E-state index contributed by atoms with van der Waals surface area (Å²) < 4.78 is 34.8. The van der Waals surface area contributed by atoms with E-state index < -0.39 is 17.5 Å². The summed E-state index contributed by atoms with van der Waals surface area (Å²) in [4.78, 5) is 24.2. The number of amides is 1. The lowest BCUT2D eigenvalue weighted by Crippen LogP contribution is -2.31. The Bertz CT molecular complexity index is 1070. The van der Waals surface area contributed by atoms with E-state index in [2.05, 4.69) is 10.4 Å². The first-order valence-corrected chi connectivity index (χ1v) is 8.84. The summed E-state index contributed by atoms with van der Waals surface area (Å²) >= 11 is 0. The van der Waals surface area contributed by atoms with Gasteiger partial charge in [-0.25, -0.2) is 9.18 Å². The van der Waals surface area contributed by atoms with Crippen LogP contribution in [0.1, 0.15) is 5.56 Å². The highest BCUT2D eigenvalue weighted by atomic mass is 19.1. The molecule has 0 bridgehead atoms. The third kappa shape index (κ3) is 4.59. The first-order chi connectivity index (χ1) is 14.4. The maximum absolute atomic E-state index is 13.0. The summed E-state index contributed by atoms with van der Waals surface area (Å²) in [5.74, 6) is -0.320. The molecule has 3 aromatic rings. The minimum Gasteiger partial charge on any atom is -0.493 e. The Balaban J connectivity index is 1.68. The maximum Gasteiger partial charge on any atom is 0.437 e. The van der Waals surface area contributed by atoms with Gasteiger partial charge in [0.05, 0.1) is 21.3 Å². The minimum atomic E-state index is -0.794.